The van der Waals surface area contributed by atoms with Crippen LogP contribution in [0.25, 0.3) is 0 Å². The molecule has 5 nitrogen and oxygen atoms in total. The van der Waals surface area contributed by atoms with Crippen molar-refractivity contribution < 1.29 is 19.4 Å². The fourth-order valence-corrected chi connectivity index (χ4v) is 2.01. The van der Waals surface area contributed by atoms with E-state index < -0.39 is 12.0 Å². The number of benzene rings is 1. The number of para-hydroxylation sites is 1. The monoisotopic (exact) mass is 293 g/mol. The van der Waals surface area contributed by atoms with Crippen LogP contribution in [0.4, 0.5) is 0 Å². The highest BCUT2D eigenvalue weighted by molar-refractivity contribution is 5.82. The molecule has 1 amide bonds. The Bertz CT molecular complexity index is 473. The van der Waals surface area contributed by atoms with Gasteiger partial charge in [-0.05, 0) is 18.1 Å². The van der Waals surface area contributed by atoms with E-state index in [-0.39, 0.29) is 12.3 Å². The molecular weight excluding hydrogens is 270 g/mol. The van der Waals surface area contributed by atoms with Crippen LogP contribution in [-0.4, -0.2) is 29.6 Å². The zero-order valence-electron chi connectivity index (χ0n) is 12.6. The van der Waals surface area contributed by atoms with Crippen LogP contribution in [0, 0.1) is 0 Å². The van der Waals surface area contributed by atoms with Crippen molar-refractivity contribution in [3.63, 3.8) is 0 Å². The molecule has 1 rings (SSSR count). The Kier molecular flexibility index (Phi) is 7.29. The molecule has 0 aliphatic heterocycles. The SMILES string of the molecule is CCCCCOc1ccccc1CC(NC(C)=O)C(=O)O. The molecule has 0 radical (unpaired) electrons. The minimum Gasteiger partial charge on any atom is -0.493 e. The van der Waals surface area contributed by atoms with E-state index in [4.69, 9.17) is 9.84 Å². The number of rotatable bonds is 9. The maximum Gasteiger partial charge on any atom is 0.326 e. The smallest absolute Gasteiger partial charge is 0.326 e. The second-order valence-corrected chi connectivity index (χ2v) is 4.96. The van der Waals surface area contributed by atoms with Gasteiger partial charge in [0, 0.05) is 13.3 Å². The Morgan fingerprint density at radius 1 is 1.29 bits per heavy atom. The van der Waals surface area contributed by atoms with E-state index >= 15 is 0 Å². The lowest BCUT2D eigenvalue weighted by molar-refractivity contribution is -0.141. The van der Waals surface area contributed by atoms with Crippen LogP contribution in [0.15, 0.2) is 24.3 Å². The van der Waals surface area contributed by atoms with E-state index in [9.17, 15) is 9.59 Å². The summed E-state index contributed by atoms with van der Waals surface area (Å²) in [6.07, 6.45) is 3.40. The van der Waals surface area contributed by atoms with Gasteiger partial charge in [0.1, 0.15) is 11.8 Å². The molecule has 0 bridgehead atoms. The average Bonchev–Trinajstić information content (AvgIpc) is 2.44. The Labute approximate surface area is 125 Å². The van der Waals surface area contributed by atoms with Gasteiger partial charge in [0.05, 0.1) is 6.61 Å². The quantitative estimate of drug-likeness (QED) is 0.685. The maximum atomic E-state index is 11.2. The first-order valence-electron chi connectivity index (χ1n) is 7.25. The number of carboxylic acid groups (broad SMARTS) is 1. The third-order valence-corrected chi connectivity index (χ3v) is 3.08. The van der Waals surface area contributed by atoms with E-state index in [0.29, 0.717) is 12.4 Å². The maximum absolute atomic E-state index is 11.2. The van der Waals surface area contributed by atoms with Crippen molar-refractivity contribution in [2.24, 2.45) is 0 Å². The van der Waals surface area contributed by atoms with E-state index in [1.165, 1.54) is 6.92 Å². The third kappa shape index (κ3) is 6.29. The average molecular weight is 293 g/mol. The van der Waals surface area contributed by atoms with E-state index in [1.54, 1.807) is 0 Å². The molecular formula is C16H23NO4. The molecule has 1 unspecified atom stereocenters. The van der Waals surface area contributed by atoms with Crippen LogP contribution in [0.5, 0.6) is 5.75 Å². The summed E-state index contributed by atoms with van der Waals surface area (Å²) in [5.41, 5.74) is 0.787. The first-order valence-corrected chi connectivity index (χ1v) is 7.25. The van der Waals surface area contributed by atoms with Crippen LogP contribution >= 0.6 is 0 Å². The van der Waals surface area contributed by atoms with Gasteiger partial charge >= 0.3 is 5.97 Å². The molecule has 1 atom stereocenters. The highest BCUT2D eigenvalue weighted by Crippen LogP contribution is 2.20. The lowest BCUT2D eigenvalue weighted by Crippen LogP contribution is -2.41. The number of carboxylic acids is 1. The Balaban J connectivity index is 2.72. The van der Waals surface area contributed by atoms with E-state index in [0.717, 1.165) is 24.8 Å². The van der Waals surface area contributed by atoms with Crippen molar-refractivity contribution in [1.29, 1.82) is 0 Å². The fraction of sp³-hybridized carbons (Fsp3) is 0.500. The summed E-state index contributed by atoms with van der Waals surface area (Å²) < 4.78 is 5.72. The van der Waals surface area contributed by atoms with Gasteiger partial charge in [0.25, 0.3) is 0 Å². The van der Waals surface area contributed by atoms with Crippen LogP contribution in [0.1, 0.15) is 38.7 Å². The number of carbonyl (C=O) groups excluding carboxylic acids is 1. The fourth-order valence-electron chi connectivity index (χ4n) is 2.01. The van der Waals surface area contributed by atoms with Gasteiger partial charge in [-0.1, -0.05) is 38.0 Å². The zero-order valence-corrected chi connectivity index (χ0v) is 12.6. The van der Waals surface area contributed by atoms with Crippen molar-refractivity contribution in [2.75, 3.05) is 6.61 Å². The summed E-state index contributed by atoms with van der Waals surface area (Å²) in [5.74, 6) is -0.722. The predicted molar refractivity (Wildman–Crippen MR) is 80.4 cm³/mol. The molecule has 0 saturated heterocycles. The molecule has 0 aliphatic rings. The predicted octanol–water partition coefficient (Wildman–Crippen LogP) is 2.39. The topological polar surface area (TPSA) is 75.6 Å². The second-order valence-electron chi connectivity index (χ2n) is 4.96. The number of ether oxygens (including phenoxy) is 1. The van der Waals surface area contributed by atoms with Gasteiger partial charge in [-0.25, -0.2) is 4.79 Å². The molecule has 1 aromatic carbocycles. The molecule has 0 saturated carbocycles. The molecule has 0 spiro atoms. The van der Waals surface area contributed by atoms with Gasteiger partial charge in [0.2, 0.25) is 5.91 Å². The molecule has 21 heavy (non-hydrogen) atoms. The van der Waals surface area contributed by atoms with Crippen molar-refractivity contribution in [1.82, 2.24) is 5.32 Å². The molecule has 0 heterocycles. The van der Waals surface area contributed by atoms with Crippen molar-refractivity contribution >= 4 is 11.9 Å². The number of amides is 1. The number of unbranched alkanes of at least 4 members (excludes halogenated alkanes) is 2. The van der Waals surface area contributed by atoms with Gasteiger partial charge < -0.3 is 15.2 Å². The molecule has 2 N–H and O–H groups in total. The number of nitrogens with one attached hydrogen (secondary N) is 1. The first kappa shape index (κ1) is 17.0. The first-order chi connectivity index (χ1) is 10.0. The summed E-state index contributed by atoms with van der Waals surface area (Å²) in [6.45, 7) is 4.05. The van der Waals surface area contributed by atoms with Crippen LogP contribution in [-0.2, 0) is 16.0 Å². The molecule has 0 fully saturated rings. The number of hydrogen-bond donors (Lipinski definition) is 2. The van der Waals surface area contributed by atoms with Crippen LogP contribution in [0.2, 0.25) is 0 Å². The highest BCUT2D eigenvalue weighted by Gasteiger charge is 2.20. The molecule has 0 aliphatic carbocycles. The van der Waals surface area contributed by atoms with Crippen LogP contribution < -0.4 is 10.1 Å². The molecule has 116 valence electrons. The van der Waals surface area contributed by atoms with Crippen molar-refractivity contribution in [2.45, 2.75) is 45.6 Å². The summed E-state index contributed by atoms with van der Waals surface area (Å²) >= 11 is 0. The lowest BCUT2D eigenvalue weighted by atomic mass is 10.0. The Hall–Kier alpha value is -2.04. The summed E-state index contributed by atoms with van der Waals surface area (Å²) in [7, 11) is 0. The lowest BCUT2D eigenvalue weighted by Gasteiger charge is -2.16. The van der Waals surface area contributed by atoms with Crippen molar-refractivity contribution in [3.05, 3.63) is 29.8 Å². The zero-order chi connectivity index (χ0) is 15.7. The van der Waals surface area contributed by atoms with Gasteiger partial charge in [-0.2, -0.15) is 0 Å². The minimum atomic E-state index is -1.05. The van der Waals surface area contributed by atoms with Gasteiger partial charge in [0.15, 0.2) is 0 Å². The van der Waals surface area contributed by atoms with Crippen molar-refractivity contribution in [3.8, 4) is 5.75 Å². The third-order valence-electron chi connectivity index (χ3n) is 3.08. The number of hydrogen-bond acceptors (Lipinski definition) is 3. The van der Waals surface area contributed by atoms with Gasteiger partial charge in [-0.3, -0.25) is 4.79 Å². The number of carbonyl (C=O) groups is 2. The largest absolute Gasteiger partial charge is 0.493 e. The summed E-state index contributed by atoms with van der Waals surface area (Å²) in [4.78, 5) is 22.3. The van der Waals surface area contributed by atoms with E-state index in [2.05, 4.69) is 12.2 Å². The number of aliphatic carboxylic acids is 1. The highest BCUT2D eigenvalue weighted by atomic mass is 16.5. The molecule has 5 heteroatoms. The summed E-state index contributed by atoms with van der Waals surface area (Å²) in [6, 6.07) is 6.40. The second kappa shape index (κ2) is 9.00. The molecule has 0 aromatic heterocycles. The molecule has 1 aromatic rings. The standard InChI is InChI=1S/C16H23NO4/c1-3-4-7-10-21-15-9-6-5-8-13(15)11-14(16(19)20)17-12(2)18/h5-6,8-9,14H,3-4,7,10-11H2,1-2H3,(H,17,18)(H,19,20). The normalized spacial score (nSPS) is 11.7. The minimum absolute atomic E-state index is 0.207. The van der Waals surface area contributed by atoms with Gasteiger partial charge in [-0.15, -0.1) is 0 Å². The van der Waals surface area contributed by atoms with E-state index in [1.807, 2.05) is 24.3 Å². The summed E-state index contributed by atoms with van der Waals surface area (Å²) in [5, 5.41) is 11.6. The Morgan fingerprint density at radius 3 is 2.62 bits per heavy atom. The Morgan fingerprint density at radius 2 is 2.00 bits per heavy atom. The van der Waals surface area contributed by atoms with Crippen LogP contribution in [0.3, 0.4) is 0 Å².